The largest absolute Gasteiger partial charge is 0.492 e. The molecule has 0 radical (unpaired) electrons. The highest BCUT2D eigenvalue weighted by Crippen LogP contribution is 2.21. The predicted molar refractivity (Wildman–Crippen MR) is 130 cm³/mol. The fourth-order valence-electron chi connectivity index (χ4n) is 4.63. The molecule has 0 amide bonds. The van der Waals surface area contributed by atoms with Crippen LogP contribution in [0.5, 0.6) is 5.75 Å². The summed E-state index contributed by atoms with van der Waals surface area (Å²) in [6.07, 6.45) is 1.24. The monoisotopic (exact) mass is 502 g/mol. The summed E-state index contributed by atoms with van der Waals surface area (Å²) in [7, 11) is -3.39. The average Bonchev–Trinajstić information content (AvgIpc) is 2.82. The van der Waals surface area contributed by atoms with E-state index < -0.39 is 10.0 Å². The zero-order valence-corrected chi connectivity index (χ0v) is 20.7. The summed E-state index contributed by atoms with van der Waals surface area (Å²) >= 11 is 0. The van der Waals surface area contributed by atoms with E-state index in [1.54, 1.807) is 30.3 Å². The van der Waals surface area contributed by atoms with Crippen LogP contribution in [0, 0.1) is 17.1 Å². The maximum absolute atomic E-state index is 14.0. The van der Waals surface area contributed by atoms with Gasteiger partial charge in [-0.15, -0.1) is 0 Å². The Labute approximate surface area is 206 Å². The molecule has 2 fully saturated rings. The molecule has 0 saturated carbocycles. The van der Waals surface area contributed by atoms with E-state index in [-0.39, 0.29) is 31.2 Å². The number of nitriles is 1. The molecule has 2 bridgehead atoms. The highest BCUT2D eigenvalue weighted by Gasteiger charge is 2.35. The molecule has 2 saturated heterocycles. The van der Waals surface area contributed by atoms with E-state index in [2.05, 4.69) is 15.9 Å². The molecule has 2 aromatic rings. The van der Waals surface area contributed by atoms with E-state index in [1.165, 1.54) is 16.6 Å². The molecule has 2 aliphatic heterocycles. The van der Waals surface area contributed by atoms with Gasteiger partial charge in [0, 0.05) is 57.9 Å². The van der Waals surface area contributed by atoms with Crippen molar-refractivity contribution in [1.82, 2.24) is 14.1 Å². The molecule has 35 heavy (non-hydrogen) atoms. The summed E-state index contributed by atoms with van der Waals surface area (Å²) in [5.41, 5.74) is 1.23. The topological polar surface area (TPSA) is 86.1 Å². The maximum atomic E-state index is 14.0. The average molecular weight is 503 g/mol. The Hall–Kier alpha value is -2.55. The van der Waals surface area contributed by atoms with Crippen molar-refractivity contribution in [1.29, 1.82) is 5.26 Å². The van der Waals surface area contributed by atoms with Crippen LogP contribution < -0.4 is 4.74 Å². The molecule has 0 N–H and O–H groups in total. The smallest absolute Gasteiger partial charge is 0.211 e. The fraction of sp³-hybridized carbons (Fsp3) is 0.480. The van der Waals surface area contributed by atoms with Crippen LogP contribution in [0.3, 0.4) is 0 Å². The van der Waals surface area contributed by atoms with Crippen molar-refractivity contribution >= 4 is 10.0 Å². The van der Waals surface area contributed by atoms with E-state index in [9.17, 15) is 12.8 Å². The highest BCUT2D eigenvalue weighted by atomic mass is 32.2. The van der Waals surface area contributed by atoms with Crippen molar-refractivity contribution in [2.45, 2.75) is 18.8 Å². The van der Waals surface area contributed by atoms with Gasteiger partial charge < -0.3 is 9.47 Å². The Bertz CT molecular complexity index is 1120. The SMILES string of the molecule is CS(=O)(=O)N(CCOc1ccc(C#N)cc1)CCN1CC2CN(Cc3ccccc3F)CC(C1)O2. The highest BCUT2D eigenvalue weighted by molar-refractivity contribution is 7.88. The summed E-state index contributed by atoms with van der Waals surface area (Å²) in [5, 5.41) is 8.88. The van der Waals surface area contributed by atoms with Crippen LogP contribution in [0.25, 0.3) is 0 Å². The van der Waals surface area contributed by atoms with Crippen LogP contribution in [0.1, 0.15) is 11.1 Å². The number of halogens is 1. The van der Waals surface area contributed by atoms with Crippen LogP contribution >= 0.6 is 0 Å². The molecule has 4 rings (SSSR count). The molecule has 188 valence electrons. The normalized spacial score (nSPS) is 21.1. The molecular weight excluding hydrogens is 471 g/mol. The zero-order chi connectivity index (χ0) is 24.8. The second-order valence-electron chi connectivity index (χ2n) is 9.07. The van der Waals surface area contributed by atoms with Gasteiger partial charge in [0.25, 0.3) is 0 Å². The lowest BCUT2D eigenvalue weighted by molar-refractivity contribution is -0.140. The summed E-state index contributed by atoms with van der Waals surface area (Å²) in [6, 6.07) is 15.6. The molecule has 0 aliphatic carbocycles. The molecule has 0 spiro atoms. The summed E-state index contributed by atoms with van der Waals surface area (Å²) in [6.45, 7) is 4.86. The predicted octanol–water partition coefficient (Wildman–Crippen LogP) is 1.92. The quantitative estimate of drug-likeness (QED) is 0.491. The fourth-order valence-corrected chi connectivity index (χ4v) is 5.45. The van der Waals surface area contributed by atoms with Crippen LogP contribution in [0.15, 0.2) is 48.5 Å². The van der Waals surface area contributed by atoms with E-state index in [0.29, 0.717) is 49.6 Å². The Morgan fingerprint density at radius 1 is 1.06 bits per heavy atom. The van der Waals surface area contributed by atoms with Gasteiger partial charge >= 0.3 is 0 Å². The lowest BCUT2D eigenvalue weighted by Gasteiger charge is -2.46. The Morgan fingerprint density at radius 3 is 2.34 bits per heavy atom. The van der Waals surface area contributed by atoms with Gasteiger partial charge in [-0.05, 0) is 30.3 Å². The third kappa shape index (κ3) is 7.22. The third-order valence-corrected chi connectivity index (χ3v) is 7.61. The van der Waals surface area contributed by atoms with Crippen molar-refractivity contribution in [2.24, 2.45) is 0 Å². The van der Waals surface area contributed by atoms with Gasteiger partial charge in [-0.1, -0.05) is 18.2 Å². The summed E-state index contributed by atoms with van der Waals surface area (Å²) < 4.78 is 51.9. The van der Waals surface area contributed by atoms with Crippen LogP contribution in [0.2, 0.25) is 0 Å². The van der Waals surface area contributed by atoms with Crippen LogP contribution in [-0.2, 0) is 21.3 Å². The first-order valence-corrected chi connectivity index (χ1v) is 13.6. The Balaban J connectivity index is 1.25. The van der Waals surface area contributed by atoms with Crippen molar-refractivity contribution in [2.75, 3.05) is 58.7 Å². The van der Waals surface area contributed by atoms with Crippen LogP contribution in [-0.4, -0.2) is 93.4 Å². The van der Waals surface area contributed by atoms with Crippen molar-refractivity contribution in [3.63, 3.8) is 0 Å². The minimum Gasteiger partial charge on any atom is -0.492 e. The zero-order valence-electron chi connectivity index (χ0n) is 19.8. The van der Waals surface area contributed by atoms with Gasteiger partial charge in [0.15, 0.2) is 0 Å². The standard InChI is InChI=1S/C25H31FN4O4S/c1-35(31,32)30(12-13-33-22-8-6-20(14-27)7-9-22)11-10-28-16-23-18-29(19-24(17-28)34-23)15-21-4-2-3-5-25(21)26/h2-9,23-24H,10-13,15-19H2,1H3. The number of hydrogen-bond donors (Lipinski definition) is 0. The van der Waals surface area contributed by atoms with Crippen molar-refractivity contribution in [3.05, 3.63) is 65.5 Å². The molecule has 2 unspecified atom stereocenters. The first kappa shape index (κ1) is 25.5. The lowest BCUT2D eigenvalue weighted by atomic mass is 10.1. The molecule has 2 atom stereocenters. The number of fused-ring (bicyclic) bond motifs is 2. The first-order chi connectivity index (χ1) is 16.8. The lowest BCUT2D eigenvalue weighted by Crippen LogP contribution is -2.60. The van der Waals surface area contributed by atoms with Gasteiger partial charge in [-0.3, -0.25) is 9.80 Å². The van der Waals surface area contributed by atoms with Gasteiger partial charge in [-0.25, -0.2) is 12.8 Å². The number of hydrogen-bond acceptors (Lipinski definition) is 7. The van der Waals surface area contributed by atoms with Gasteiger partial charge in [0.1, 0.15) is 18.2 Å². The van der Waals surface area contributed by atoms with E-state index in [1.807, 2.05) is 12.1 Å². The number of rotatable bonds is 10. The molecule has 8 nitrogen and oxygen atoms in total. The number of ether oxygens (including phenoxy) is 2. The van der Waals surface area contributed by atoms with Gasteiger partial charge in [0.05, 0.1) is 30.1 Å². The number of sulfonamides is 1. The molecule has 2 heterocycles. The molecule has 10 heteroatoms. The minimum absolute atomic E-state index is 0.0145. The van der Waals surface area contributed by atoms with E-state index in [0.717, 1.165) is 13.1 Å². The third-order valence-electron chi connectivity index (χ3n) is 6.31. The first-order valence-electron chi connectivity index (χ1n) is 11.7. The van der Waals surface area contributed by atoms with Crippen molar-refractivity contribution < 1.29 is 22.3 Å². The molecule has 0 aromatic heterocycles. The number of benzene rings is 2. The number of morpholine rings is 2. The Kier molecular flexibility index (Phi) is 8.36. The summed E-state index contributed by atoms with van der Waals surface area (Å²) in [4.78, 5) is 4.48. The van der Waals surface area contributed by atoms with Gasteiger partial charge in [0.2, 0.25) is 10.0 Å². The van der Waals surface area contributed by atoms with E-state index >= 15 is 0 Å². The minimum atomic E-state index is -3.39. The summed E-state index contributed by atoms with van der Waals surface area (Å²) in [5.74, 6) is 0.410. The number of nitrogens with zero attached hydrogens (tertiary/aromatic N) is 4. The van der Waals surface area contributed by atoms with Crippen LogP contribution in [0.4, 0.5) is 4.39 Å². The van der Waals surface area contributed by atoms with Gasteiger partial charge in [-0.2, -0.15) is 9.57 Å². The Morgan fingerprint density at radius 2 is 1.71 bits per heavy atom. The molecular formula is C25H31FN4O4S. The molecule has 2 aliphatic rings. The molecule has 2 aromatic carbocycles. The van der Waals surface area contributed by atoms with Crippen molar-refractivity contribution in [3.8, 4) is 11.8 Å². The second kappa shape index (κ2) is 11.5. The van der Waals surface area contributed by atoms with E-state index in [4.69, 9.17) is 14.7 Å². The maximum Gasteiger partial charge on any atom is 0.211 e. The second-order valence-corrected chi connectivity index (χ2v) is 11.1.